The van der Waals surface area contributed by atoms with Crippen molar-refractivity contribution in [3.63, 3.8) is 0 Å². The zero-order valence-electron chi connectivity index (χ0n) is 8.63. The predicted molar refractivity (Wildman–Crippen MR) is 51.9 cm³/mol. The Bertz CT molecular complexity index is 203. The smallest absolute Gasteiger partial charge is 0.160 e. The number of aliphatic hydroxyl groups is 1. The first-order chi connectivity index (χ1) is 5.90. The van der Waals surface area contributed by atoms with E-state index in [2.05, 4.69) is 0 Å². The van der Waals surface area contributed by atoms with Crippen LogP contribution in [-0.4, -0.2) is 23.2 Å². The zero-order valence-corrected chi connectivity index (χ0v) is 8.63. The first-order valence-corrected chi connectivity index (χ1v) is 4.74. The van der Waals surface area contributed by atoms with E-state index in [4.69, 9.17) is 10.1 Å². The van der Waals surface area contributed by atoms with Gasteiger partial charge >= 0.3 is 0 Å². The Morgan fingerprint density at radius 2 is 2.08 bits per heavy atom. The number of hydrogen-bond acceptors (Lipinski definition) is 3. The first kappa shape index (κ1) is 10.7. The zero-order chi connectivity index (χ0) is 10.1. The van der Waals surface area contributed by atoms with Crippen LogP contribution in [0.25, 0.3) is 0 Å². The molecule has 0 aromatic carbocycles. The summed E-state index contributed by atoms with van der Waals surface area (Å²) in [4.78, 5) is 0. The molecular weight excluding hydrogens is 166 g/mol. The van der Waals surface area contributed by atoms with E-state index in [0.29, 0.717) is 6.42 Å². The van der Waals surface area contributed by atoms with Crippen molar-refractivity contribution in [3.8, 4) is 0 Å². The minimum atomic E-state index is -0.703. The molecule has 1 rings (SSSR count). The summed E-state index contributed by atoms with van der Waals surface area (Å²) in [5.74, 6) is 0. The molecule has 1 aliphatic heterocycles. The van der Waals surface area contributed by atoms with Crippen LogP contribution in [0.5, 0.6) is 0 Å². The normalized spacial score (nSPS) is 38.6. The number of rotatable bonds is 2. The maximum atomic E-state index is 9.70. The van der Waals surface area contributed by atoms with E-state index in [-0.39, 0.29) is 11.0 Å². The van der Waals surface area contributed by atoms with E-state index >= 15 is 0 Å². The Balaban J connectivity index is 2.64. The van der Waals surface area contributed by atoms with Crippen LogP contribution in [-0.2, 0) is 4.74 Å². The molecule has 2 unspecified atom stereocenters. The molecule has 0 saturated carbocycles. The van der Waals surface area contributed by atoms with E-state index < -0.39 is 6.29 Å². The van der Waals surface area contributed by atoms with E-state index in [1.54, 1.807) is 0 Å². The molecule has 1 aliphatic rings. The van der Waals surface area contributed by atoms with Crippen molar-refractivity contribution in [1.29, 1.82) is 5.41 Å². The minimum Gasteiger partial charge on any atom is -0.367 e. The number of nitrogens with one attached hydrogen (secondary N) is 1. The van der Waals surface area contributed by atoms with Crippen molar-refractivity contribution in [2.75, 3.05) is 0 Å². The van der Waals surface area contributed by atoms with Gasteiger partial charge in [-0.25, -0.2) is 0 Å². The van der Waals surface area contributed by atoms with Gasteiger partial charge in [0.15, 0.2) is 6.29 Å². The fourth-order valence-corrected chi connectivity index (χ4v) is 1.56. The second kappa shape index (κ2) is 3.39. The highest BCUT2D eigenvalue weighted by Crippen LogP contribution is 2.40. The molecule has 0 spiro atoms. The molecule has 0 bridgehead atoms. The van der Waals surface area contributed by atoms with Crippen molar-refractivity contribution < 1.29 is 9.84 Å². The third-order valence-corrected chi connectivity index (χ3v) is 2.90. The Morgan fingerprint density at radius 3 is 2.54 bits per heavy atom. The molecule has 0 amide bonds. The van der Waals surface area contributed by atoms with Gasteiger partial charge in [-0.3, -0.25) is 0 Å². The Labute approximate surface area is 79.6 Å². The molecular formula is C10H19NO2. The summed E-state index contributed by atoms with van der Waals surface area (Å²) in [7, 11) is 0. The average Bonchev–Trinajstić information content (AvgIpc) is 1.99. The van der Waals surface area contributed by atoms with Gasteiger partial charge in [0.1, 0.15) is 0 Å². The van der Waals surface area contributed by atoms with E-state index in [1.165, 1.54) is 6.21 Å². The third kappa shape index (κ3) is 2.29. The van der Waals surface area contributed by atoms with Crippen LogP contribution >= 0.6 is 0 Å². The van der Waals surface area contributed by atoms with Crippen LogP contribution in [0.1, 0.15) is 40.0 Å². The molecule has 0 aromatic heterocycles. The molecule has 2 N–H and O–H groups in total. The highest BCUT2D eigenvalue weighted by atomic mass is 16.6. The second-order valence-electron chi connectivity index (χ2n) is 4.82. The maximum absolute atomic E-state index is 9.70. The predicted octanol–water partition coefficient (Wildman–Crippen LogP) is 1.94. The quantitative estimate of drug-likeness (QED) is 0.646. The largest absolute Gasteiger partial charge is 0.367 e. The molecule has 0 aliphatic carbocycles. The second-order valence-corrected chi connectivity index (χ2v) is 4.82. The molecule has 0 radical (unpaired) electrons. The topological polar surface area (TPSA) is 53.3 Å². The average molecular weight is 185 g/mol. The molecule has 3 nitrogen and oxygen atoms in total. The van der Waals surface area contributed by atoms with Gasteiger partial charge in [-0.15, -0.1) is 0 Å². The lowest BCUT2D eigenvalue weighted by molar-refractivity contribution is -0.256. The van der Waals surface area contributed by atoms with Crippen LogP contribution in [0, 0.1) is 10.8 Å². The van der Waals surface area contributed by atoms with Gasteiger partial charge in [0.05, 0.1) is 5.60 Å². The monoisotopic (exact) mass is 185 g/mol. The van der Waals surface area contributed by atoms with E-state index in [0.717, 1.165) is 12.8 Å². The third-order valence-electron chi connectivity index (χ3n) is 2.90. The standard InChI is InChI=1S/C10H19NO2/c1-9(2)4-5-10(3,6-7-11)13-8(9)12/h7-8,11-12H,4-6H2,1-3H3. The van der Waals surface area contributed by atoms with Crippen molar-refractivity contribution >= 4 is 6.21 Å². The molecule has 76 valence electrons. The van der Waals surface area contributed by atoms with E-state index in [1.807, 2.05) is 20.8 Å². The Kier molecular flexibility index (Phi) is 2.78. The fraction of sp³-hybridized carbons (Fsp3) is 0.900. The van der Waals surface area contributed by atoms with Crippen molar-refractivity contribution in [3.05, 3.63) is 0 Å². The Morgan fingerprint density at radius 1 is 1.46 bits per heavy atom. The van der Waals surface area contributed by atoms with Crippen LogP contribution in [0.4, 0.5) is 0 Å². The summed E-state index contributed by atoms with van der Waals surface area (Å²) in [5.41, 5.74) is -0.488. The number of aliphatic hydroxyl groups excluding tert-OH is 1. The molecule has 2 atom stereocenters. The van der Waals surface area contributed by atoms with Gasteiger partial charge in [0, 0.05) is 11.8 Å². The van der Waals surface area contributed by atoms with Gasteiger partial charge in [-0.1, -0.05) is 13.8 Å². The van der Waals surface area contributed by atoms with Gasteiger partial charge < -0.3 is 15.3 Å². The summed E-state index contributed by atoms with van der Waals surface area (Å²) in [6.07, 6.45) is 3.09. The lowest BCUT2D eigenvalue weighted by Crippen LogP contribution is -2.47. The summed E-state index contributed by atoms with van der Waals surface area (Å²) < 4.78 is 5.53. The van der Waals surface area contributed by atoms with Gasteiger partial charge in [0.2, 0.25) is 0 Å². The molecule has 13 heavy (non-hydrogen) atoms. The molecule has 1 fully saturated rings. The molecule has 3 heteroatoms. The van der Waals surface area contributed by atoms with Crippen LogP contribution in [0.15, 0.2) is 0 Å². The maximum Gasteiger partial charge on any atom is 0.160 e. The lowest BCUT2D eigenvalue weighted by Gasteiger charge is -2.44. The summed E-state index contributed by atoms with van der Waals surface area (Å²) in [5, 5.41) is 16.7. The first-order valence-electron chi connectivity index (χ1n) is 4.74. The summed E-state index contributed by atoms with van der Waals surface area (Å²) in [6.45, 7) is 5.96. The molecule has 0 aromatic rings. The molecule has 1 heterocycles. The Hall–Kier alpha value is -0.410. The SMILES string of the molecule is CC1(CC=N)CCC(C)(C)C(O)O1. The summed E-state index contributed by atoms with van der Waals surface area (Å²) in [6, 6.07) is 0. The van der Waals surface area contributed by atoms with Crippen molar-refractivity contribution in [2.45, 2.75) is 51.9 Å². The van der Waals surface area contributed by atoms with Gasteiger partial charge in [-0.05, 0) is 26.0 Å². The molecule has 1 saturated heterocycles. The minimum absolute atomic E-state index is 0.151. The van der Waals surface area contributed by atoms with Crippen molar-refractivity contribution in [1.82, 2.24) is 0 Å². The number of hydrogen-bond donors (Lipinski definition) is 2. The van der Waals surface area contributed by atoms with Crippen LogP contribution in [0.3, 0.4) is 0 Å². The van der Waals surface area contributed by atoms with Crippen LogP contribution < -0.4 is 0 Å². The van der Waals surface area contributed by atoms with E-state index in [9.17, 15) is 5.11 Å². The van der Waals surface area contributed by atoms with Crippen molar-refractivity contribution in [2.24, 2.45) is 5.41 Å². The highest BCUT2D eigenvalue weighted by Gasteiger charge is 2.41. The lowest BCUT2D eigenvalue weighted by atomic mass is 9.79. The fourth-order valence-electron chi connectivity index (χ4n) is 1.56. The summed E-state index contributed by atoms with van der Waals surface area (Å²) >= 11 is 0. The van der Waals surface area contributed by atoms with Crippen LogP contribution in [0.2, 0.25) is 0 Å². The number of ether oxygens (including phenoxy) is 1. The van der Waals surface area contributed by atoms with Gasteiger partial charge in [0.25, 0.3) is 0 Å². The van der Waals surface area contributed by atoms with Gasteiger partial charge in [-0.2, -0.15) is 0 Å². The highest BCUT2D eigenvalue weighted by molar-refractivity contribution is 5.54.